The highest BCUT2D eigenvalue weighted by Crippen LogP contribution is 2.27. The van der Waals surface area contributed by atoms with Crippen LogP contribution in [0.3, 0.4) is 0 Å². The predicted octanol–water partition coefficient (Wildman–Crippen LogP) is 9.06. The molecule has 0 bridgehead atoms. The van der Waals surface area contributed by atoms with Crippen molar-refractivity contribution in [3.8, 4) is 5.75 Å². The van der Waals surface area contributed by atoms with Crippen LogP contribution in [0.1, 0.15) is 105 Å². The summed E-state index contributed by atoms with van der Waals surface area (Å²) in [7, 11) is 1.00. The van der Waals surface area contributed by atoms with Crippen LogP contribution in [0.2, 0.25) is 0 Å². The van der Waals surface area contributed by atoms with E-state index in [0.717, 1.165) is 31.3 Å². The first-order valence-electron chi connectivity index (χ1n) is 15.3. The molecule has 0 saturated heterocycles. The van der Waals surface area contributed by atoms with Gasteiger partial charge in [0.1, 0.15) is 19.1 Å². The third-order valence-corrected chi connectivity index (χ3v) is 4.84. The largest absolute Gasteiger partial charge is 0.573 e. The average Bonchev–Trinajstić information content (AvgIpc) is 3.01. The average molecular weight is 649 g/mol. The van der Waals surface area contributed by atoms with Gasteiger partial charge in [0.15, 0.2) is 0 Å². The van der Waals surface area contributed by atoms with Gasteiger partial charge in [-0.15, -0.1) is 13.2 Å². The van der Waals surface area contributed by atoms with Crippen molar-refractivity contribution in [2.24, 2.45) is 5.92 Å². The van der Waals surface area contributed by atoms with Crippen LogP contribution in [0.5, 0.6) is 5.75 Å². The van der Waals surface area contributed by atoms with Gasteiger partial charge in [0.2, 0.25) is 6.41 Å². The molecular formula is C34H59F3N2O6. The molecule has 0 saturated carbocycles. The number of carboxylic acid groups (broad SMARTS) is 1. The van der Waals surface area contributed by atoms with E-state index in [1.807, 2.05) is 20.6 Å². The number of amides is 1. The number of alkyl halides is 3. The SMILES string of the molecule is C=O.CC.CCC.CCC.CCCC(C)CCCc1ccccc1OC(F)(F)F.CO.Cc1ncccc1N(C=O)CC(=O)O. The van der Waals surface area contributed by atoms with Crippen LogP contribution < -0.4 is 9.64 Å². The smallest absolute Gasteiger partial charge is 0.480 e. The number of anilines is 1. The molecule has 0 fully saturated rings. The molecule has 45 heavy (non-hydrogen) atoms. The van der Waals surface area contributed by atoms with Gasteiger partial charge < -0.3 is 24.6 Å². The Bertz CT molecular complexity index is 929. The Morgan fingerprint density at radius 2 is 1.51 bits per heavy atom. The highest BCUT2D eigenvalue weighted by Gasteiger charge is 2.31. The van der Waals surface area contributed by atoms with Gasteiger partial charge in [-0.1, -0.05) is 106 Å². The number of aliphatic hydroxyl groups excluding tert-OH is 1. The first-order valence-corrected chi connectivity index (χ1v) is 15.3. The Morgan fingerprint density at radius 3 is 1.93 bits per heavy atom. The van der Waals surface area contributed by atoms with Crippen molar-refractivity contribution >= 4 is 24.9 Å². The van der Waals surface area contributed by atoms with E-state index in [1.54, 1.807) is 43.5 Å². The minimum absolute atomic E-state index is 0.0712. The zero-order chi connectivity index (χ0) is 36.3. The van der Waals surface area contributed by atoms with Crippen LogP contribution in [-0.2, 0) is 20.8 Å². The second-order valence-corrected chi connectivity index (χ2v) is 9.09. The van der Waals surface area contributed by atoms with Crippen molar-refractivity contribution in [1.29, 1.82) is 0 Å². The summed E-state index contributed by atoms with van der Waals surface area (Å²) in [6.45, 7) is 20.2. The van der Waals surface area contributed by atoms with Crippen molar-refractivity contribution < 1.29 is 42.5 Å². The first-order chi connectivity index (χ1) is 21.4. The number of ether oxygens (including phenoxy) is 1. The Labute approximate surface area is 270 Å². The quantitative estimate of drug-likeness (QED) is 0.234. The van der Waals surface area contributed by atoms with Crippen LogP contribution in [0.25, 0.3) is 0 Å². The molecule has 262 valence electrons. The number of halogens is 3. The summed E-state index contributed by atoms with van der Waals surface area (Å²) in [5.41, 5.74) is 1.77. The maximum absolute atomic E-state index is 12.2. The number of para-hydroxylation sites is 1. The van der Waals surface area contributed by atoms with Crippen LogP contribution in [-0.4, -0.2) is 54.4 Å². The molecule has 2 N–H and O–H groups in total. The maximum Gasteiger partial charge on any atom is 0.573 e. The fraction of sp³-hybridized carbons (Fsp3) is 0.588. The molecule has 2 rings (SSSR count). The maximum atomic E-state index is 12.2. The number of aryl methyl sites for hydroxylation is 2. The van der Waals surface area contributed by atoms with E-state index in [2.05, 4.69) is 51.3 Å². The summed E-state index contributed by atoms with van der Waals surface area (Å²) in [5, 5.41) is 15.5. The molecule has 0 radical (unpaired) electrons. The van der Waals surface area contributed by atoms with Gasteiger partial charge in [0.25, 0.3) is 0 Å². The second kappa shape index (κ2) is 36.7. The van der Waals surface area contributed by atoms with Gasteiger partial charge >= 0.3 is 12.3 Å². The lowest BCUT2D eigenvalue weighted by atomic mass is 9.97. The predicted molar refractivity (Wildman–Crippen MR) is 179 cm³/mol. The first kappa shape index (κ1) is 51.1. The van der Waals surface area contributed by atoms with Crippen molar-refractivity contribution in [3.63, 3.8) is 0 Å². The van der Waals surface area contributed by atoms with Gasteiger partial charge in [-0.05, 0) is 49.4 Å². The molecule has 0 spiro atoms. The summed E-state index contributed by atoms with van der Waals surface area (Å²) in [4.78, 5) is 34.1. The molecular weight excluding hydrogens is 589 g/mol. The minimum atomic E-state index is -4.62. The summed E-state index contributed by atoms with van der Waals surface area (Å²) >= 11 is 0. The summed E-state index contributed by atoms with van der Waals surface area (Å²) in [5.74, 6) is -0.501. The zero-order valence-electron chi connectivity index (χ0n) is 29.1. The molecule has 0 aliphatic rings. The highest BCUT2D eigenvalue weighted by atomic mass is 19.4. The third kappa shape index (κ3) is 33.3. The molecule has 0 aliphatic heterocycles. The van der Waals surface area contributed by atoms with Crippen LogP contribution in [0.4, 0.5) is 18.9 Å². The number of aliphatic hydroxyl groups is 1. The number of benzene rings is 1. The number of carbonyl (C=O) groups excluding carboxylic acids is 2. The summed E-state index contributed by atoms with van der Waals surface area (Å²) in [6, 6.07) is 9.68. The van der Waals surface area contributed by atoms with Crippen molar-refractivity contribution in [2.75, 3.05) is 18.6 Å². The molecule has 11 heteroatoms. The Morgan fingerprint density at radius 1 is 1.00 bits per heavy atom. The van der Waals surface area contributed by atoms with Gasteiger partial charge in [-0.2, -0.15) is 0 Å². The molecule has 1 atom stereocenters. The monoisotopic (exact) mass is 648 g/mol. The number of rotatable bonds is 11. The number of aliphatic carboxylic acids is 1. The van der Waals surface area contributed by atoms with Crippen molar-refractivity contribution in [2.45, 2.75) is 114 Å². The summed E-state index contributed by atoms with van der Waals surface area (Å²) < 4.78 is 40.8. The van der Waals surface area contributed by atoms with E-state index in [9.17, 15) is 22.8 Å². The van der Waals surface area contributed by atoms with E-state index in [-0.39, 0.29) is 12.3 Å². The lowest BCUT2D eigenvalue weighted by Gasteiger charge is -2.15. The number of carbonyl (C=O) groups is 3. The van der Waals surface area contributed by atoms with E-state index in [4.69, 9.17) is 15.0 Å². The number of pyridine rings is 1. The Kier molecular flexibility index (Phi) is 41.7. The Balaban J connectivity index is -0.000000180. The van der Waals surface area contributed by atoms with E-state index >= 15 is 0 Å². The van der Waals surface area contributed by atoms with Gasteiger partial charge in [0, 0.05) is 13.3 Å². The fourth-order valence-corrected chi connectivity index (χ4v) is 3.32. The molecule has 1 unspecified atom stereocenters. The highest BCUT2D eigenvalue weighted by molar-refractivity contribution is 5.85. The van der Waals surface area contributed by atoms with E-state index < -0.39 is 12.3 Å². The van der Waals surface area contributed by atoms with Crippen molar-refractivity contribution in [3.05, 3.63) is 53.9 Å². The molecule has 1 heterocycles. The van der Waals surface area contributed by atoms with Gasteiger partial charge in [0.05, 0.1) is 11.4 Å². The third-order valence-electron chi connectivity index (χ3n) is 4.84. The van der Waals surface area contributed by atoms with Crippen LogP contribution in [0.15, 0.2) is 42.6 Å². The molecule has 1 aromatic carbocycles. The topological polar surface area (TPSA) is 117 Å². The molecule has 1 aromatic heterocycles. The van der Waals surface area contributed by atoms with E-state index in [1.165, 1.54) is 25.3 Å². The van der Waals surface area contributed by atoms with Crippen LogP contribution in [0, 0.1) is 12.8 Å². The van der Waals surface area contributed by atoms with Gasteiger partial charge in [-0.25, -0.2) is 0 Å². The summed E-state index contributed by atoms with van der Waals surface area (Å²) in [6.07, 6.45) is 4.82. The molecule has 1 amide bonds. The lowest BCUT2D eigenvalue weighted by Crippen LogP contribution is -2.28. The number of hydrogen-bond donors (Lipinski definition) is 2. The normalized spacial score (nSPS) is 9.73. The molecule has 0 aliphatic carbocycles. The fourth-order valence-electron chi connectivity index (χ4n) is 3.32. The zero-order valence-corrected chi connectivity index (χ0v) is 29.1. The molecule has 2 aromatic rings. The Hall–Kier alpha value is -3.47. The number of aromatic nitrogens is 1. The number of nitrogens with zero attached hydrogens (tertiary/aromatic N) is 2. The molecule has 8 nitrogen and oxygen atoms in total. The number of carboxylic acids is 1. The minimum Gasteiger partial charge on any atom is -0.480 e. The standard InChI is InChI=1S/C15H21F3O.C9H10N2O3.2C3H8.C2H6.CH4O.CH2O/c1-3-7-12(2)8-6-10-13-9-4-5-11-14(13)19-15(16,17)18;1-7-8(3-2-4-10-7)11(6-12)5-9(13)14;2*1-3-2;3*1-2/h4-5,9,11-12H,3,6-8,10H2,1-2H3;2-4,6H,5H2,1H3,(H,13,14);2*3H2,1-2H3;1-2H3;2H,1H3;1H2. The number of hydrogen-bond acceptors (Lipinski definition) is 6. The van der Waals surface area contributed by atoms with E-state index in [0.29, 0.717) is 35.7 Å². The van der Waals surface area contributed by atoms with Crippen molar-refractivity contribution in [1.82, 2.24) is 4.98 Å². The van der Waals surface area contributed by atoms with Gasteiger partial charge in [-0.3, -0.25) is 14.6 Å². The van der Waals surface area contributed by atoms with Crippen LogP contribution >= 0.6 is 0 Å². The lowest BCUT2D eigenvalue weighted by molar-refractivity contribution is -0.274. The second-order valence-electron chi connectivity index (χ2n) is 9.09.